The Morgan fingerprint density at radius 2 is 2.00 bits per heavy atom. The van der Waals surface area contributed by atoms with Crippen LogP contribution in [0.25, 0.3) is 0 Å². The Balaban J connectivity index is 2.39. The topological polar surface area (TPSA) is 98.6 Å². The number of ether oxygens (including phenoxy) is 1. The number of hydrogen-bond donors (Lipinski definition) is 3. The van der Waals surface area contributed by atoms with Crippen LogP contribution in [-0.4, -0.2) is 30.0 Å². The first kappa shape index (κ1) is 12.5. The molecule has 0 fully saturated rings. The second kappa shape index (κ2) is 6.09. The molecule has 0 aromatic heterocycles. The lowest BCUT2D eigenvalue weighted by Gasteiger charge is -2.18. The van der Waals surface area contributed by atoms with E-state index in [1.807, 2.05) is 30.3 Å². The van der Waals surface area contributed by atoms with Crippen molar-refractivity contribution in [3.05, 3.63) is 35.9 Å². The van der Waals surface area contributed by atoms with Gasteiger partial charge in [-0.2, -0.15) is 0 Å². The summed E-state index contributed by atoms with van der Waals surface area (Å²) < 4.78 is 4.52. The molecule has 5 N–H and O–H groups in total. The highest BCUT2D eigenvalue weighted by molar-refractivity contribution is 5.64. The molecule has 0 spiro atoms. The average molecular weight is 224 g/mol. The average Bonchev–Trinajstić information content (AvgIpc) is 2.27. The molecule has 0 radical (unpaired) electrons. The third-order valence-electron chi connectivity index (χ3n) is 2.20. The van der Waals surface area contributed by atoms with Gasteiger partial charge in [0.05, 0.1) is 12.1 Å². The third kappa shape index (κ3) is 4.29. The molecule has 1 rings (SSSR count). The van der Waals surface area contributed by atoms with Crippen LogP contribution in [0.2, 0.25) is 0 Å². The van der Waals surface area contributed by atoms with Gasteiger partial charge in [0.2, 0.25) is 0 Å². The van der Waals surface area contributed by atoms with Gasteiger partial charge in [-0.25, -0.2) is 4.79 Å². The zero-order valence-electron chi connectivity index (χ0n) is 8.87. The molecule has 0 aliphatic heterocycles. The van der Waals surface area contributed by atoms with Crippen LogP contribution >= 0.6 is 0 Å². The first-order chi connectivity index (χ1) is 7.59. The summed E-state index contributed by atoms with van der Waals surface area (Å²) in [6.07, 6.45) is -1.23. The molecule has 1 aromatic carbocycles. The van der Waals surface area contributed by atoms with E-state index in [0.29, 0.717) is 6.42 Å². The molecule has 1 aromatic rings. The Hall–Kier alpha value is -1.59. The van der Waals surface area contributed by atoms with Gasteiger partial charge in [-0.1, -0.05) is 30.3 Å². The van der Waals surface area contributed by atoms with Gasteiger partial charge in [-0.3, -0.25) is 0 Å². The molecule has 0 saturated heterocycles. The minimum atomic E-state index is -0.887. The largest absolute Gasteiger partial charge is 0.448 e. The number of amides is 1. The molecule has 16 heavy (non-hydrogen) atoms. The molecule has 5 heteroatoms. The number of aliphatic hydroxyl groups excluding tert-OH is 1. The molecule has 0 bridgehead atoms. The Kier molecular flexibility index (Phi) is 4.75. The van der Waals surface area contributed by atoms with E-state index in [0.717, 1.165) is 5.56 Å². The molecule has 88 valence electrons. The summed E-state index contributed by atoms with van der Waals surface area (Å²) in [5.74, 6) is 0. The van der Waals surface area contributed by atoms with Crippen molar-refractivity contribution in [2.75, 3.05) is 6.61 Å². The monoisotopic (exact) mass is 224 g/mol. The first-order valence-corrected chi connectivity index (χ1v) is 4.99. The van der Waals surface area contributed by atoms with Gasteiger partial charge < -0.3 is 21.3 Å². The summed E-state index contributed by atoms with van der Waals surface area (Å²) in [7, 11) is 0. The minimum Gasteiger partial charge on any atom is -0.448 e. The Bertz CT molecular complexity index is 329. The number of carbonyl (C=O) groups is 1. The van der Waals surface area contributed by atoms with E-state index in [2.05, 4.69) is 4.74 Å². The van der Waals surface area contributed by atoms with Crippen LogP contribution in [0.3, 0.4) is 0 Å². The van der Waals surface area contributed by atoms with Crippen molar-refractivity contribution in [1.29, 1.82) is 0 Å². The van der Waals surface area contributed by atoms with E-state index in [1.165, 1.54) is 0 Å². The third-order valence-corrected chi connectivity index (χ3v) is 2.20. The van der Waals surface area contributed by atoms with Crippen LogP contribution in [-0.2, 0) is 11.2 Å². The fourth-order valence-corrected chi connectivity index (χ4v) is 1.30. The predicted molar refractivity (Wildman–Crippen MR) is 59.7 cm³/mol. The summed E-state index contributed by atoms with van der Waals surface area (Å²) in [6, 6.07) is 8.82. The van der Waals surface area contributed by atoms with E-state index >= 15 is 0 Å². The number of carbonyl (C=O) groups excluding carboxylic acids is 1. The van der Waals surface area contributed by atoms with Gasteiger partial charge in [0.25, 0.3) is 0 Å². The van der Waals surface area contributed by atoms with E-state index in [-0.39, 0.29) is 6.61 Å². The highest BCUT2D eigenvalue weighted by atomic mass is 16.5. The standard InChI is InChI=1S/C11H16N2O3/c12-9(7-16-11(13)15)10(14)6-8-4-2-1-3-5-8/h1-5,9-10,14H,6-7,12H2,(H2,13,15). The number of nitrogens with two attached hydrogens (primary N) is 2. The molecular formula is C11H16N2O3. The first-order valence-electron chi connectivity index (χ1n) is 4.99. The maximum Gasteiger partial charge on any atom is 0.404 e. The van der Waals surface area contributed by atoms with Gasteiger partial charge in [0.1, 0.15) is 6.61 Å². The summed E-state index contributed by atoms with van der Waals surface area (Å²) in [5, 5.41) is 9.73. The molecule has 2 unspecified atom stereocenters. The molecule has 2 atom stereocenters. The fraction of sp³-hybridized carbons (Fsp3) is 0.364. The van der Waals surface area contributed by atoms with Crippen molar-refractivity contribution in [2.24, 2.45) is 11.5 Å². The van der Waals surface area contributed by atoms with Gasteiger partial charge in [-0.15, -0.1) is 0 Å². The van der Waals surface area contributed by atoms with Crippen molar-refractivity contribution < 1.29 is 14.6 Å². The number of benzene rings is 1. The normalized spacial score (nSPS) is 14.1. The van der Waals surface area contributed by atoms with Gasteiger partial charge >= 0.3 is 6.09 Å². The van der Waals surface area contributed by atoms with Crippen molar-refractivity contribution in [3.63, 3.8) is 0 Å². The highest BCUT2D eigenvalue weighted by Gasteiger charge is 2.16. The molecule has 5 nitrogen and oxygen atoms in total. The molecule has 1 amide bonds. The SMILES string of the molecule is NC(=O)OCC(N)C(O)Cc1ccccc1. The smallest absolute Gasteiger partial charge is 0.404 e. The van der Waals surface area contributed by atoms with Gasteiger partial charge in [0.15, 0.2) is 0 Å². The van der Waals surface area contributed by atoms with Gasteiger partial charge in [-0.05, 0) is 5.56 Å². The lowest BCUT2D eigenvalue weighted by molar-refractivity contribution is 0.0916. The van der Waals surface area contributed by atoms with Crippen LogP contribution in [0.1, 0.15) is 5.56 Å². The van der Waals surface area contributed by atoms with Crippen LogP contribution in [0.15, 0.2) is 30.3 Å². The lowest BCUT2D eigenvalue weighted by atomic mass is 10.0. The summed E-state index contributed by atoms with van der Waals surface area (Å²) >= 11 is 0. The number of primary amides is 1. The zero-order chi connectivity index (χ0) is 12.0. The zero-order valence-corrected chi connectivity index (χ0v) is 8.87. The quantitative estimate of drug-likeness (QED) is 0.656. The molecule has 0 aliphatic rings. The van der Waals surface area contributed by atoms with Crippen LogP contribution in [0.5, 0.6) is 0 Å². The second-order valence-corrected chi connectivity index (χ2v) is 3.55. The summed E-state index contributed by atoms with van der Waals surface area (Å²) in [4.78, 5) is 10.3. The van der Waals surface area contributed by atoms with E-state index in [9.17, 15) is 9.90 Å². The number of aliphatic hydroxyl groups is 1. The lowest BCUT2D eigenvalue weighted by Crippen LogP contribution is -2.41. The van der Waals surface area contributed by atoms with Crippen LogP contribution in [0, 0.1) is 0 Å². The van der Waals surface area contributed by atoms with E-state index in [4.69, 9.17) is 11.5 Å². The second-order valence-electron chi connectivity index (χ2n) is 3.55. The van der Waals surface area contributed by atoms with Crippen molar-refractivity contribution in [2.45, 2.75) is 18.6 Å². The van der Waals surface area contributed by atoms with Crippen molar-refractivity contribution in [1.82, 2.24) is 0 Å². The molecular weight excluding hydrogens is 208 g/mol. The van der Waals surface area contributed by atoms with Crippen LogP contribution < -0.4 is 11.5 Å². The summed E-state index contributed by atoms with van der Waals surface area (Å²) in [5.41, 5.74) is 11.4. The van der Waals surface area contributed by atoms with Crippen molar-refractivity contribution >= 4 is 6.09 Å². The maximum atomic E-state index is 10.3. The maximum absolute atomic E-state index is 10.3. The predicted octanol–water partition coefficient (Wildman–Crippen LogP) is 0.0126. The minimum absolute atomic E-state index is 0.0800. The Morgan fingerprint density at radius 3 is 2.56 bits per heavy atom. The Morgan fingerprint density at radius 1 is 1.38 bits per heavy atom. The number of rotatable bonds is 5. The van der Waals surface area contributed by atoms with Crippen LogP contribution in [0.4, 0.5) is 4.79 Å². The van der Waals surface area contributed by atoms with E-state index < -0.39 is 18.2 Å². The molecule has 0 saturated carbocycles. The molecule has 0 heterocycles. The van der Waals surface area contributed by atoms with Gasteiger partial charge in [0, 0.05) is 6.42 Å². The number of hydrogen-bond acceptors (Lipinski definition) is 4. The summed E-state index contributed by atoms with van der Waals surface area (Å²) in [6.45, 7) is -0.0800. The van der Waals surface area contributed by atoms with Crippen molar-refractivity contribution in [3.8, 4) is 0 Å². The highest BCUT2D eigenvalue weighted by Crippen LogP contribution is 2.05. The molecule has 0 aliphatic carbocycles. The Labute approximate surface area is 94.0 Å². The fourth-order valence-electron chi connectivity index (χ4n) is 1.30. The van der Waals surface area contributed by atoms with E-state index in [1.54, 1.807) is 0 Å².